The number of pyridine rings is 1. The molecule has 170 valence electrons. The summed E-state index contributed by atoms with van der Waals surface area (Å²) in [4.78, 5) is 17.3. The van der Waals surface area contributed by atoms with E-state index in [1.807, 2.05) is 32.2 Å². The second kappa shape index (κ2) is 8.74. The maximum absolute atomic E-state index is 14.0. The van der Waals surface area contributed by atoms with Crippen LogP contribution in [-0.2, 0) is 12.5 Å². The predicted molar refractivity (Wildman–Crippen MR) is 118 cm³/mol. The standard InChI is InChI=1S/C23H20ClF2N5O2/c1-13-4-7-20(29-21(13)24)23(2,14-10-28-31(3)11-14)12-27-22(32)18-9-19(33-30-18)16-6-5-15(25)8-17(16)26/h4-11H,12H2,1-3H3,(H,27,32). The fraction of sp³-hybridized carbons (Fsp3) is 0.217. The molecule has 0 radical (unpaired) electrons. The van der Waals surface area contributed by atoms with Crippen molar-refractivity contribution >= 4 is 17.5 Å². The number of hydrogen-bond donors (Lipinski definition) is 1. The highest BCUT2D eigenvalue weighted by atomic mass is 35.5. The molecule has 33 heavy (non-hydrogen) atoms. The van der Waals surface area contributed by atoms with Crippen molar-refractivity contribution in [3.8, 4) is 11.3 Å². The van der Waals surface area contributed by atoms with Crippen molar-refractivity contribution in [2.24, 2.45) is 7.05 Å². The van der Waals surface area contributed by atoms with Crippen LogP contribution in [0.2, 0.25) is 5.15 Å². The molecule has 0 aliphatic rings. The van der Waals surface area contributed by atoms with Gasteiger partial charge in [0.1, 0.15) is 16.8 Å². The first kappa shape index (κ1) is 22.6. The van der Waals surface area contributed by atoms with Crippen LogP contribution in [0.1, 0.15) is 34.2 Å². The highest BCUT2D eigenvalue weighted by molar-refractivity contribution is 6.30. The minimum Gasteiger partial charge on any atom is -0.355 e. The molecule has 1 atom stereocenters. The van der Waals surface area contributed by atoms with Gasteiger partial charge in [-0.05, 0) is 37.6 Å². The van der Waals surface area contributed by atoms with Crippen molar-refractivity contribution in [3.63, 3.8) is 0 Å². The van der Waals surface area contributed by atoms with Gasteiger partial charge in [0, 0.05) is 37.5 Å². The van der Waals surface area contributed by atoms with E-state index in [0.29, 0.717) is 10.8 Å². The average molecular weight is 472 g/mol. The van der Waals surface area contributed by atoms with Crippen LogP contribution in [-0.4, -0.2) is 32.4 Å². The van der Waals surface area contributed by atoms with E-state index in [4.69, 9.17) is 16.1 Å². The fourth-order valence-electron chi connectivity index (χ4n) is 3.40. The van der Waals surface area contributed by atoms with Gasteiger partial charge >= 0.3 is 0 Å². The van der Waals surface area contributed by atoms with Gasteiger partial charge in [-0.15, -0.1) is 0 Å². The number of rotatable bonds is 6. The Hall–Kier alpha value is -3.59. The van der Waals surface area contributed by atoms with E-state index in [-0.39, 0.29) is 23.6 Å². The summed E-state index contributed by atoms with van der Waals surface area (Å²) in [6, 6.07) is 8.07. The lowest BCUT2D eigenvalue weighted by Gasteiger charge is -2.28. The number of amides is 1. The first-order chi connectivity index (χ1) is 15.7. The van der Waals surface area contributed by atoms with Crippen LogP contribution in [0.4, 0.5) is 8.78 Å². The highest BCUT2D eigenvalue weighted by Gasteiger charge is 2.33. The zero-order chi connectivity index (χ0) is 23.8. The smallest absolute Gasteiger partial charge is 0.273 e. The van der Waals surface area contributed by atoms with E-state index in [1.165, 1.54) is 12.1 Å². The van der Waals surface area contributed by atoms with Gasteiger partial charge in [-0.3, -0.25) is 9.48 Å². The van der Waals surface area contributed by atoms with Gasteiger partial charge in [0.2, 0.25) is 0 Å². The van der Waals surface area contributed by atoms with Gasteiger partial charge in [-0.2, -0.15) is 5.10 Å². The molecular weight excluding hydrogens is 452 g/mol. The van der Waals surface area contributed by atoms with E-state index in [9.17, 15) is 13.6 Å². The minimum absolute atomic E-state index is 0.00152. The van der Waals surface area contributed by atoms with Crippen molar-refractivity contribution < 1.29 is 18.1 Å². The van der Waals surface area contributed by atoms with Crippen molar-refractivity contribution in [3.05, 3.63) is 88.1 Å². The third-order valence-electron chi connectivity index (χ3n) is 5.48. The highest BCUT2D eigenvalue weighted by Crippen LogP contribution is 2.32. The second-order valence-electron chi connectivity index (χ2n) is 7.92. The molecular formula is C23H20ClF2N5O2. The van der Waals surface area contributed by atoms with Gasteiger partial charge in [0.25, 0.3) is 5.91 Å². The summed E-state index contributed by atoms with van der Waals surface area (Å²) in [5.41, 5.74) is 1.52. The molecule has 4 aromatic rings. The van der Waals surface area contributed by atoms with Crippen molar-refractivity contribution in [2.75, 3.05) is 6.54 Å². The Kier molecular flexibility index (Phi) is 5.99. The Morgan fingerprint density at radius 3 is 2.70 bits per heavy atom. The van der Waals surface area contributed by atoms with Gasteiger partial charge in [-0.25, -0.2) is 13.8 Å². The molecule has 1 N–H and O–H groups in total. The summed E-state index contributed by atoms with van der Waals surface area (Å²) in [5.74, 6) is -2.04. The average Bonchev–Trinajstić information content (AvgIpc) is 3.43. The monoisotopic (exact) mass is 471 g/mol. The van der Waals surface area contributed by atoms with E-state index in [2.05, 4.69) is 20.6 Å². The molecule has 1 amide bonds. The van der Waals surface area contributed by atoms with E-state index < -0.39 is 23.0 Å². The Morgan fingerprint density at radius 2 is 2.03 bits per heavy atom. The molecule has 3 heterocycles. The lowest BCUT2D eigenvalue weighted by molar-refractivity contribution is 0.0938. The molecule has 1 unspecified atom stereocenters. The second-order valence-corrected chi connectivity index (χ2v) is 8.28. The molecule has 1 aromatic carbocycles. The number of aryl methyl sites for hydroxylation is 2. The Morgan fingerprint density at radius 1 is 1.24 bits per heavy atom. The topological polar surface area (TPSA) is 85.8 Å². The molecule has 3 aromatic heterocycles. The van der Waals surface area contributed by atoms with Gasteiger partial charge in [0.15, 0.2) is 11.5 Å². The van der Waals surface area contributed by atoms with Crippen LogP contribution in [0.15, 0.2) is 53.3 Å². The van der Waals surface area contributed by atoms with Gasteiger partial charge < -0.3 is 9.84 Å². The van der Waals surface area contributed by atoms with Crippen LogP contribution in [0, 0.1) is 18.6 Å². The normalized spacial score (nSPS) is 13.0. The maximum Gasteiger partial charge on any atom is 0.273 e. The number of carbonyl (C=O) groups excluding carboxylic acids is 1. The molecule has 0 aliphatic carbocycles. The van der Waals surface area contributed by atoms with E-state index in [1.54, 1.807) is 17.9 Å². The molecule has 10 heteroatoms. The van der Waals surface area contributed by atoms with E-state index in [0.717, 1.165) is 23.3 Å². The number of nitrogens with zero attached hydrogens (tertiary/aromatic N) is 4. The summed E-state index contributed by atoms with van der Waals surface area (Å²) >= 11 is 6.26. The summed E-state index contributed by atoms with van der Waals surface area (Å²) in [6.07, 6.45) is 3.54. The Bertz CT molecular complexity index is 1340. The van der Waals surface area contributed by atoms with Crippen LogP contribution in [0.3, 0.4) is 0 Å². The van der Waals surface area contributed by atoms with Crippen LogP contribution < -0.4 is 5.32 Å². The van der Waals surface area contributed by atoms with Crippen LogP contribution in [0.25, 0.3) is 11.3 Å². The third kappa shape index (κ3) is 4.49. The molecule has 0 aliphatic heterocycles. The molecule has 0 fully saturated rings. The summed E-state index contributed by atoms with van der Waals surface area (Å²) < 4.78 is 34.0. The quantitative estimate of drug-likeness (QED) is 0.420. The molecule has 0 bridgehead atoms. The summed E-state index contributed by atoms with van der Waals surface area (Å²) in [6.45, 7) is 3.92. The van der Waals surface area contributed by atoms with E-state index >= 15 is 0 Å². The lowest BCUT2D eigenvalue weighted by atomic mass is 9.80. The maximum atomic E-state index is 14.0. The van der Waals surface area contributed by atoms with Crippen LogP contribution >= 0.6 is 11.6 Å². The number of carbonyl (C=O) groups is 1. The van der Waals surface area contributed by atoms with Crippen LogP contribution in [0.5, 0.6) is 0 Å². The van der Waals surface area contributed by atoms with Crippen molar-refractivity contribution in [2.45, 2.75) is 19.3 Å². The molecule has 4 rings (SSSR count). The fourth-order valence-corrected chi connectivity index (χ4v) is 3.56. The first-order valence-electron chi connectivity index (χ1n) is 10.0. The van der Waals surface area contributed by atoms with Gasteiger partial charge in [-0.1, -0.05) is 22.8 Å². The largest absolute Gasteiger partial charge is 0.355 e. The zero-order valence-electron chi connectivity index (χ0n) is 18.1. The Balaban J connectivity index is 1.59. The number of hydrogen-bond acceptors (Lipinski definition) is 5. The SMILES string of the molecule is Cc1ccc(C(C)(CNC(=O)c2cc(-c3ccc(F)cc3F)on2)c2cnn(C)c2)nc1Cl. The first-order valence-corrected chi connectivity index (χ1v) is 10.4. The molecule has 7 nitrogen and oxygen atoms in total. The molecule has 0 spiro atoms. The lowest BCUT2D eigenvalue weighted by Crippen LogP contribution is -2.40. The molecule has 0 saturated carbocycles. The third-order valence-corrected chi connectivity index (χ3v) is 5.87. The number of benzene rings is 1. The van der Waals surface area contributed by atoms with Crippen molar-refractivity contribution in [1.82, 2.24) is 25.2 Å². The predicted octanol–water partition coefficient (Wildman–Crippen LogP) is 4.45. The number of halogens is 3. The number of nitrogens with one attached hydrogen (secondary N) is 1. The Labute approximate surface area is 193 Å². The summed E-state index contributed by atoms with van der Waals surface area (Å²) in [5, 5.41) is 11.2. The minimum atomic E-state index is -0.815. The zero-order valence-corrected chi connectivity index (χ0v) is 18.8. The van der Waals surface area contributed by atoms with Gasteiger partial charge in [0.05, 0.1) is 22.9 Å². The van der Waals surface area contributed by atoms with Crippen molar-refractivity contribution in [1.29, 1.82) is 0 Å². The summed E-state index contributed by atoms with van der Waals surface area (Å²) in [7, 11) is 1.80. The molecule has 0 saturated heterocycles. The number of aromatic nitrogens is 4.